The molecule has 3 saturated carbocycles. The van der Waals surface area contributed by atoms with Crippen LogP contribution in [-0.4, -0.2) is 23.3 Å². The lowest BCUT2D eigenvalue weighted by molar-refractivity contribution is -0.141. The first-order chi connectivity index (χ1) is 11.5. The first kappa shape index (κ1) is 14.6. The number of nitrogens with zero attached hydrogens (tertiary/aromatic N) is 1. The molecule has 4 heteroatoms. The van der Waals surface area contributed by atoms with Crippen molar-refractivity contribution in [2.45, 2.75) is 26.2 Å². The number of amides is 2. The van der Waals surface area contributed by atoms with Crippen molar-refractivity contribution >= 4 is 11.8 Å². The molecule has 1 heterocycles. The zero-order chi connectivity index (χ0) is 16.7. The molecule has 4 fully saturated rings. The Morgan fingerprint density at radius 1 is 1.00 bits per heavy atom. The Bertz CT molecular complexity index is 694. The maximum atomic E-state index is 13.2. The van der Waals surface area contributed by atoms with Crippen LogP contribution in [0.2, 0.25) is 0 Å². The van der Waals surface area contributed by atoms with Crippen LogP contribution in [0.3, 0.4) is 0 Å². The minimum Gasteiger partial charge on any atom is -0.282 e. The Balaban J connectivity index is 1.42. The highest BCUT2D eigenvalue weighted by atomic mass is 19.1. The van der Waals surface area contributed by atoms with E-state index in [-0.39, 0.29) is 29.5 Å². The first-order valence-corrected chi connectivity index (χ1v) is 9.09. The minimum absolute atomic E-state index is 0.0760. The summed E-state index contributed by atoms with van der Waals surface area (Å²) in [6.45, 7) is 4.65. The Morgan fingerprint density at radius 2 is 1.54 bits per heavy atom. The zero-order valence-corrected chi connectivity index (χ0v) is 14.0. The summed E-state index contributed by atoms with van der Waals surface area (Å²) in [6.07, 6.45) is 1.04. The van der Waals surface area contributed by atoms with E-state index in [2.05, 4.69) is 0 Å². The van der Waals surface area contributed by atoms with Crippen molar-refractivity contribution in [3.05, 3.63) is 35.6 Å². The number of hydrogen-bond acceptors (Lipinski definition) is 2. The second-order valence-electron chi connectivity index (χ2n) is 8.53. The summed E-state index contributed by atoms with van der Waals surface area (Å²) in [6, 6.07) is 6.80. The topological polar surface area (TPSA) is 37.4 Å². The zero-order valence-electron chi connectivity index (χ0n) is 14.0. The standard InChI is InChI=1S/C20H22FNO2/c1-9(2)8-22-19(23)17-12-7-13(18(17)20(22)24)16-14(15(12)16)10-3-5-11(21)6-4-10/h3-6,9,12-18H,7-8H2,1-2H3/t12-,13+,14?,15-,16+,17+,18-. The van der Waals surface area contributed by atoms with Crippen LogP contribution in [0, 0.1) is 47.2 Å². The second-order valence-corrected chi connectivity index (χ2v) is 8.53. The maximum Gasteiger partial charge on any atom is 0.233 e. The summed E-state index contributed by atoms with van der Waals surface area (Å²) >= 11 is 0. The van der Waals surface area contributed by atoms with Gasteiger partial charge in [0.2, 0.25) is 11.8 Å². The molecule has 2 bridgehead atoms. The van der Waals surface area contributed by atoms with E-state index in [1.54, 1.807) is 0 Å². The first-order valence-electron chi connectivity index (χ1n) is 9.09. The van der Waals surface area contributed by atoms with E-state index in [0.717, 1.165) is 6.42 Å². The highest BCUT2D eigenvalue weighted by molar-refractivity contribution is 6.06. The largest absolute Gasteiger partial charge is 0.282 e. The van der Waals surface area contributed by atoms with Gasteiger partial charge in [0.05, 0.1) is 11.8 Å². The van der Waals surface area contributed by atoms with Gasteiger partial charge in [-0.1, -0.05) is 26.0 Å². The molecule has 126 valence electrons. The van der Waals surface area contributed by atoms with Gasteiger partial charge < -0.3 is 0 Å². The monoisotopic (exact) mass is 327 g/mol. The van der Waals surface area contributed by atoms with E-state index in [1.807, 2.05) is 26.0 Å². The fourth-order valence-corrected chi connectivity index (χ4v) is 6.21. The van der Waals surface area contributed by atoms with E-state index in [0.29, 0.717) is 42.1 Å². The van der Waals surface area contributed by atoms with Crippen LogP contribution in [0.15, 0.2) is 24.3 Å². The highest BCUT2D eigenvalue weighted by Gasteiger charge is 2.75. The highest BCUT2D eigenvalue weighted by Crippen LogP contribution is 2.77. The van der Waals surface area contributed by atoms with Crippen molar-refractivity contribution < 1.29 is 14.0 Å². The van der Waals surface area contributed by atoms with Gasteiger partial charge >= 0.3 is 0 Å². The summed E-state index contributed by atoms with van der Waals surface area (Å²) in [5.41, 5.74) is 1.18. The molecular formula is C20H22FNO2. The molecule has 5 rings (SSSR count). The van der Waals surface area contributed by atoms with Gasteiger partial charge in [-0.05, 0) is 59.6 Å². The van der Waals surface area contributed by atoms with Crippen molar-refractivity contribution in [1.29, 1.82) is 0 Å². The summed E-state index contributed by atoms with van der Waals surface area (Å²) in [4.78, 5) is 27.2. The molecule has 3 nitrogen and oxygen atoms in total. The van der Waals surface area contributed by atoms with Gasteiger partial charge in [0, 0.05) is 6.54 Å². The summed E-state index contributed by atoms with van der Waals surface area (Å²) in [7, 11) is 0. The van der Waals surface area contributed by atoms with Gasteiger partial charge in [0.25, 0.3) is 0 Å². The molecule has 3 aliphatic carbocycles. The molecule has 0 aromatic heterocycles. The average Bonchev–Trinajstić information content (AvgIpc) is 2.90. The number of fused-ring (bicyclic) bond motifs is 8. The van der Waals surface area contributed by atoms with Crippen LogP contribution in [0.4, 0.5) is 4.39 Å². The molecule has 7 atom stereocenters. The lowest BCUT2D eigenvalue weighted by atomic mass is 9.81. The third-order valence-corrected chi connectivity index (χ3v) is 6.88. The molecule has 0 spiro atoms. The van der Waals surface area contributed by atoms with Crippen molar-refractivity contribution in [2.75, 3.05) is 6.54 Å². The van der Waals surface area contributed by atoms with Crippen LogP contribution in [0.25, 0.3) is 0 Å². The molecule has 4 aliphatic rings. The van der Waals surface area contributed by atoms with Crippen LogP contribution in [0.1, 0.15) is 31.7 Å². The van der Waals surface area contributed by atoms with Gasteiger partial charge in [-0.25, -0.2) is 4.39 Å². The molecular weight excluding hydrogens is 305 g/mol. The third-order valence-electron chi connectivity index (χ3n) is 6.88. The molecule has 24 heavy (non-hydrogen) atoms. The summed E-state index contributed by atoms with van der Waals surface area (Å²) < 4.78 is 13.2. The molecule has 1 aromatic carbocycles. The van der Waals surface area contributed by atoms with E-state index in [1.165, 1.54) is 22.6 Å². The number of benzene rings is 1. The second kappa shape index (κ2) is 4.68. The Labute approximate surface area is 141 Å². The Hall–Kier alpha value is -1.71. The summed E-state index contributed by atoms with van der Waals surface area (Å²) in [5, 5.41) is 0. The van der Waals surface area contributed by atoms with E-state index >= 15 is 0 Å². The van der Waals surface area contributed by atoms with Crippen LogP contribution in [0.5, 0.6) is 0 Å². The quantitative estimate of drug-likeness (QED) is 0.800. The van der Waals surface area contributed by atoms with Crippen LogP contribution in [-0.2, 0) is 9.59 Å². The van der Waals surface area contributed by atoms with Crippen molar-refractivity contribution in [2.24, 2.45) is 41.4 Å². The molecule has 2 amide bonds. The fraction of sp³-hybridized carbons (Fsp3) is 0.600. The number of likely N-dealkylation sites (tertiary alicyclic amines) is 1. The van der Waals surface area contributed by atoms with Crippen LogP contribution < -0.4 is 0 Å². The minimum atomic E-state index is -0.209. The average molecular weight is 327 g/mol. The van der Waals surface area contributed by atoms with E-state index in [4.69, 9.17) is 0 Å². The predicted octanol–water partition coefficient (Wildman–Crippen LogP) is 3.06. The SMILES string of the molecule is CC(C)CN1C(=O)[C@@H]2[C@H]3C[C@@H]([C@@H]2C1=O)[C@@H]1C(c2ccc(F)cc2)[C@H]31. The predicted molar refractivity (Wildman–Crippen MR) is 86.3 cm³/mol. The molecule has 1 unspecified atom stereocenters. The Kier molecular flexibility index (Phi) is 2.85. The number of imide groups is 1. The van der Waals surface area contributed by atoms with Crippen molar-refractivity contribution in [1.82, 2.24) is 4.90 Å². The smallest absolute Gasteiger partial charge is 0.233 e. The number of hydrogen-bond donors (Lipinski definition) is 0. The van der Waals surface area contributed by atoms with E-state index in [9.17, 15) is 14.0 Å². The third kappa shape index (κ3) is 1.72. The van der Waals surface area contributed by atoms with Gasteiger partial charge in [-0.3, -0.25) is 14.5 Å². The van der Waals surface area contributed by atoms with E-state index < -0.39 is 0 Å². The number of halogens is 1. The molecule has 1 saturated heterocycles. The molecule has 1 aromatic rings. The number of rotatable bonds is 3. The molecule has 1 aliphatic heterocycles. The van der Waals surface area contributed by atoms with Gasteiger partial charge in [0.1, 0.15) is 5.82 Å². The number of carbonyl (C=O) groups excluding carboxylic acids is 2. The Morgan fingerprint density at radius 3 is 2.04 bits per heavy atom. The van der Waals surface area contributed by atoms with Crippen LogP contribution >= 0.6 is 0 Å². The normalized spacial score (nSPS) is 42.0. The van der Waals surface area contributed by atoms with Gasteiger partial charge in [-0.2, -0.15) is 0 Å². The lowest BCUT2D eigenvalue weighted by Gasteiger charge is -2.20. The molecule has 0 radical (unpaired) electrons. The maximum absolute atomic E-state index is 13.2. The fourth-order valence-electron chi connectivity index (χ4n) is 6.21. The van der Waals surface area contributed by atoms with Gasteiger partial charge in [0.15, 0.2) is 0 Å². The van der Waals surface area contributed by atoms with Gasteiger partial charge in [-0.15, -0.1) is 0 Å². The van der Waals surface area contributed by atoms with Crippen molar-refractivity contribution in [3.63, 3.8) is 0 Å². The number of carbonyl (C=O) groups is 2. The molecule has 0 N–H and O–H groups in total. The van der Waals surface area contributed by atoms with Crippen molar-refractivity contribution in [3.8, 4) is 0 Å². The summed E-state index contributed by atoms with van der Waals surface area (Å²) in [5.74, 6) is 2.30. The lowest BCUT2D eigenvalue weighted by Crippen LogP contribution is -2.36.